The number of carbonyl (C=O) groups is 1. The second-order valence-electron chi connectivity index (χ2n) is 8.02. The topological polar surface area (TPSA) is 75.6 Å². The van der Waals surface area contributed by atoms with Crippen LogP contribution in [0.2, 0.25) is 5.02 Å². The van der Waals surface area contributed by atoms with E-state index in [9.17, 15) is 22.4 Å². The molecule has 6 nitrogen and oxygen atoms in total. The number of anilines is 1. The van der Waals surface area contributed by atoms with Crippen LogP contribution in [0, 0.1) is 12.7 Å². The van der Waals surface area contributed by atoms with Gasteiger partial charge in [-0.05, 0) is 55.0 Å². The van der Waals surface area contributed by atoms with Gasteiger partial charge in [0.05, 0.1) is 38.2 Å². The number of alkyl halides is 3. The lowest BCUT2D eigenvalue weighted by molar-refractivity contribution is -0.137. The van der Waals surface area contributed by atoms with E-state index in [0.29, 0.717) is 22.1 Å². The average Bonchev–Trinajstić information content (AvgIpc) is 3.34. The standard InChI is InChI=1S/C24H16ClF4N5O/c1-11-8-12(9-17-20(11)32-21(30-17)19-14(25)4-3-5-15(19)26)22(35)33-23-31-16-10-13(24(27,28)29)6-7-18(16)34(23)2/h3-10H,1-2H3,(H,30,32)(H,31,33,35). The summed E-state index contributed by atoms with van der Waals surface area (Å²) < 4.78 is 54.9. The first-order valence-electron chi connectivity index (χ1n) is 10.3. The van der Waals surface area contributed by atoms with E-state index in [-0.39, 0.29) is 33.4 Å². The van der Waals surface area contributed by atoms with Crippen molar-refractivity contribution in [3.05, 3.63) is 76.1 Å². The number of H-pyrrole nitrogens is 1. The molecule has 178 valence electrons. The maximum Gasteiger partial charge on any atom is 0.416 e. The summed E-state index contributed by atoms with van der Waals surface area (Å²) >= 11 is 6.15. The Hall–Kier alpha value is -3.92. The number of benzene rings is 3. The van der Waals surface area contributed by atoms with Crippen molar-refractivity contribution in [2.24, 2.45) is 7.05 Å². The molecule has 0 unspecified atom stereocenters. The van der Waals surface area contributed by atoms with Crippen LogP contribution in [-0.2, 0) is 13.2 Å². The largest absolute Gasteiger partial charge is 0.416 e. The van der Waals surface area contributed by atoms with Crippen molar-refractivity contribution in [2.45, 2.75) is 13.1 Å². The van der Waals surface area contributed by atoms with E-state index in [4.69, 9.17) is 11.6 Å². The van der Waals surface area contributed by atoms with Gasteiger partial charge in [0.2, 0.25) is 5.95 Å². The van der Waals surface area contributed by atoms with Crippen molar-refractivity contribution >= 4 is 45.5 Å². The number of hydrogen-bond acceptors (Lipinski definition) is 3. The van der Waals surface area contributed by atoms with Gasteiger partial charge in [-0.1, -0.05) is 17.7 Å². The maximum absolute atomic E-state index is 14.4. The van der Waals surface area contributed by atoms with Crippen molar-refractivity contribution in [2.75, 3.05) is 5.32 Å². The Morgan fingerprint density at radius 2 is 1.89 bits per heavy atom. The Kier molecular flexibility index (Phi) is 5.28. The number of carbonyl (C=O) groups excluding carboxylic acids is 1. The normalized spacial score (nSPS) is 12.0. The summed E-state index contributed by atoms with van der Waals surface area (Å²) in [6.45, 7) is 1.75. The molecule has 0 fully saturated rings. The van der Waals surface area contributed by atoms with Crippen LogP contribution >= 0.6 is 11.6 Å². The number of nitrogens with one attached hydrogen (secondary N) is 2. The number of imidazole rings is 2. The molecule has 0 bridgehead atoms. The molecule has 0 aliphatic heterocycles. The molecule has 0 spiro atoms. The van der Waals surface area contributed by atoms with Gasteiger partial charge in [0.25, 0.3) is 5.91 Å². The monoisotopic (exact) mass is 501 g/mol. The van der Waals surface area contributed by atoms with E-state index in [0.717, 1.165) is 12.1 Å². The van der Waals surface area contributed by atoms with Gasteiger partial charge in [0, 0.05) is 12.6 Å². The SMILES string of the molecule is Cc1cc(C(=O)Nc2nc3cc(C(F)(F)F)ccc3n2C)cc2[nH]c(-c3c(F)cccc3Cl)nc12. The molecule has 0 atom stereocenters. The average molecular weight is 502 g/mol. The number of nitrogens with zero attached hydrogens (tertiary/aromatic N) is 3. The summed E-state index contributed by atoms with van der Waals surface area (Å²) in [5.41, 5.74) is 1.77. The van der Waals surface area contributed by atoms with Crippen LogP contribution in [0.1, 0.15) is 21.5 Å². The van der Waals surface area contributed by atoms with E-state index in [1.165, 1.54) is 22.8 Å². The highest BCUT2D eigenvalue weighted by molar-refractivity contribution is 6.33. The first-order chi connectivity index (χ1) is 16.5. The van der Waals surface area contributed by atoms with Gasteiger partial charge in [-0.25, -0.2) is 14.4 Å². The van der Waals surface area contributed by atoms with Crippen molar-refractivity contribution in [1.82, 2.24) is 19.5 Å². The number of fused-ring (bicyclic) bond motifs is 2. The summed E-state index contributed by atoms with van der Waals surface area (Å²) in [7, 11) is 1.59. The minimum Gasteiger partial charge on any atom is -0.338 e. The van der Waals surface area contributed by atoms with Gasteiger partial charge >= 0.3 is 6.18 Å². The highest BCUT2D eigenvalue weighted by Gasteiger charge is 2.31. The van der Waals surface area contributed by atoms with Gasteiger partial charge in [-0.15, -0.1) is 0 Å². The molecular weight excluding hydrogens is 486 g/mol. The molecule has 0 aliphatic carbocycles. The summed E-state index contributed by atoms with van der Waals surface area (Å²) in [6.07, 6.45) is -4.50. The first kappa shape index (κ1) is 22.9. The molecule has 11 heteroatoms. The molecular formula is C24H16ClF4N5O. The number of hydrogen-bond donors (Lipinski definition) is 2. The van der Waals surface area contributed by atoms with Crippen LogP contribution in [0.5, 0.6) is 0 Å². The third-order valence-corrected chi connectivity index (χ3v) is 5.99. The number of aromatic nitrogens is 4. The number of halogens is 5. The molecule has 1 amide bonds. The molecule has 2 heterocycles. The second-order valence-corrected chi connectivity index (χ2v) is 8.43. The van der Waals surface area contributed by atoms with Gasteiger partial charge in [0.15, 0.2) is 0 Å². The minimum absolute atomic E-state index is 0.0884. The predicted octanol–water partition coefficient (Wildman–Crippen LogP) is 6.49. The van der Waals surface area contributed by atoms with Crippen molar-refractivity contribution < 1.29 is 22.4 Å². The lowest BCUT2D eigenvalue weighted by Gasteiger charge is -2.07. The van der Waals surface area contributed by atoms with Crippen LogP contribution in [0.4, 0.5) is 23.5 Å². The molecule has 0 saturated heterocycles. The van der Waals surface area contributed by atoms with Crippen LogP contribution in [0.15, 0.2) is 48.5 Å². The highest BCUT2D eigenvalue weighted by Crippen LogP contribution is 2.33. The van der Waals surface area contributed by atoms with Crippen LogP contribution in [0.25, 0.3) is 33.5 Å². The number of aromatic amines is 1. The van der Waals surface area contributed by atoms with Gasteiger partial charge < -0.3 is 9.55 Å². The Labute approximate surface area is 200 Å². The first-order valence-corrected chi connectivity index (χ1v) is 10.7. The molecule has 0 saturated carbocycles. The Bertz CT molecular complexity index is 1620. The van der Waals surface area contributed by atoms with E-state index in [1.807, 2.05) is 0 Å². The maximum atomic E-state index is 14.4. The number of aryl methyl sites for hydroxylation is 2. The van der Waals surface area contributed by atoms with E-state index in [1.54, 1.807) is 32.2 Å². The molecule has 0 aliphatic rings. The lowest BCUT2D eigenvalue weighted by atomic mass is 10.1. The fourth-order valence-corrected chi connectivity index (χ4v) is 4.18. The Balaban J connectivity index is 1.49. The summed E-state index contributed by atoms with van der Waals surface area (Å²) in [5, 5.41) is 2.83. The smallest absolute Gasteiger partial charge is 0.338 e. The van der Waals surface area contributed by atoms with Crippen LogP contribution in [0.3, 0.4) is 0 Å². The fourth-order valence-electron chi connectivity index (χ4n) is 3.93. The fraction of sp³-hybridized carbons (Fsp3) is 0.125. The lowest BCUT2D eigenvalue weighted by Crippen LogP contribution is -2.15. The zero-order valence-corrected chi connectivity index (χ0v) is 19.0. The van der Waals surface area contributed by atoms with E-state index < -0.39 is 23.5 Å². The number of amides is 1. The Morgan fingerprint density at radius 1 is 1.11 bits per heavy atom. The summed E-state index contributed by atoms with van der Waals surface area (Å²) in [6, 6.07) is 10.7. The van der Waals surface area contributed by atoms with Crippen LogP contribution < -0.4 is 5.32 Å². The minimum atomic E-state index is -4.50. The van der Waals surface area contributed by atoms with Crippen LogP contribution in [-0.4, -0.2) is 25.4 Å². The molecule has 0 radical (unpaired) electrons. The summed E-state index contributed by atoms with van der Waals surface area (Å²) in [4.78, 5) is 24.6. The van der Waals surface area contributed by atoms with Gasteiger partial charge in [0.1, 0.15) is 11.6 Å². The molecule has 2 N–H and O–H groups in total. The zero-order chi connectivity index (χ0) is 25.1. The quantitative estimate of drug-likeness (QED) is 0.277. The van der Waals surface area contributed by atoms with Crippen molar-refractivity contribution in [3.63, 3.8) is 0 Å². The predicted molar refractivity (Wildman–Crippen MR) is 125 cm³/mol. The van der Waals surface area contributed by atoms with Crippen molar-refractivity contribution in [3.8, 4) is 11.4 Å². The van der Waals surface area contributed by atoms with E-state index in [2.05, 4.69) is 20.3 Å². The Morgan fingerprint density at radius 3 is 2.60 bits per heavy atom. The van der Waals surface area contributed by atoms with E-state index >= 15 is 0 Å². The molecule has 5 rings (SSSR count). The third-order valence-electron chi connectivity index (χ3n) is 5.67. The third kappa shape index (κ3) is 3.99. The van der Waals surface area contributed by atoms with Crippen molar-refractivity contribution in [1.29, 1.82) is 0 Å². The van der Waals surface area contributed by atoms with Gasteiger partial charge in [-0.2, -0.15) is 13.2 Å². The molecule has 2 aromatic heterocycles. The van der Waals surface area contributed by atoms with Gasteiger partial charge in [-0.3, -0.25) is 10.1 Å². The number of rotatable bonds is 3. The second kappa shape index (κ2) is 8.09. The molecule has 5 aromatic rings. The molecule has 35 heavy (non-hydrogen) atoms. The summed E-state index contributed by atoms with van der Waals surface area (Å²) in [5.74, 6) is -0.752. The zero-order valence-electron chi connectivity index (χ0n) is 18.3. The molecule has 3 aromatic carbocycles. The highest BCUT2D eigenvalue weighted by atomic mass is 35.5.